The standard InChI is InChI=1S/C32H32N4O4S/c1-35-19-21-36(22-20-35)30(24-11-5-2-6-12-24)32(38)33-29-18-17-26(34-41(39,40)27-15-9-4-10-16-27)23-28(29)31(37)25-13-7-3-8-14-25/h2-18,23,30,34H,19-22H2,1H3,(H,33,38). The van der Waals surface area contributed by atoms with E-state index < -0.39 is 16.1 Å². The highest BCUT2D eigenvalue weighted by Gasteiger charge is 2.31. The average Bonchev–Trinajstić information content (AvgIpc) is 3.00. The molecule has 1 aliphatic rings. The number of nitrogens with one attached hydrogen (secondary N) is 2. The third-order valence-corrected chi connectivity index (χ3v) is 8.53. The smallest absolute Gasteiger partial charge is 0.261 e. The molecule has 1 heterocycles. The van der Waals surface area contributed by atoms with Crippen molar-refractivity contribution in [3.8, 4) is 0 Å². The largest absolute Gasteiger partial charge is 0.324 e. The molecule has 1 unspecified atom stereocenters. The molecule has 1 aliphatic heterocycles. The Kier molecular flexibility index (Phi) is 8.58. The van der Waals surface area contributed by atoms with E-state index in [-0.39, 0.29) is 27.8 Å². The average molecular weight is 569 g/mol. The van der Waals surface area contributed by atoms with Crippen molar-refractivity contribution in [3.05, 3.63) is 126 Å². The van der Waals surface area contributed by atoms with Crippen LogP contribution in [0.25, 0.3) is 0 Å². The van der Waals surface area contributed by atoms with Gasteiger partial charge in [-0.1, -0.05) is 78.9 Å². The zero-order chi connectivity index (χ0) is 28.8. The number of hydrogen-bond donors (Lipinski definition) is 2. The molecule has 41 heavy (non-hydrogen) atoms. The van der Waals surface area contributed by atoms with Crippen LogP contribution < -0.4 is 10.0 Å². The van der Waals surface area contributed by atoms with Gasteiger partial charge in [-0.25, -0.2) is 8.42 Å². The maximum atomic E-state index is 13.9. The molecule has 1 atom stereocenters. The van der Waals surface area contributed by atoms with Crippen molar-refractivity contribution < 1.29 is 18.0 Å². The first-order valence-electron chi connectivity index (χ1n) is 13.4. The van der Waals surface area contributed by atoms with Crippen molar-refractivity contribution in [2.24, 2.45) is 0 Å². The first kappa shape index (κ1) is 28.2. The summed E-state index contributed by atoms with van der Waals surface area (Å²) in [5.74, 6) is -0.599. The third kappa shape index (κ3) is 6.71. The lowest BCUT2D eigenvalue weighted by molar-refractivity contribution is -0.122. The lowest BCUT2D eigenvalue weighted by Crippen LogP contribution is -2.48. The Morgan fingerprint density at radius 2 is 1.34 bits per heavy atom. The highest BCUT2D eigenvalue weighted by atomic mass is 32.2. The van der Waals surface area contributed by atoms with Gasteiger partial charge in [-0.05, 0) is 42.9 Å². The molecule has 1 fully saturated rings. The molecular formula is C32H32N4O4S. The molecular weight excluding hydrogens is 536 g/mol. The minimum atomic E-state index is -3.88. The second-order valence-electron chi connectivity index (χ2n) is 10.0. The Morgan fingerprint density at radius 1 is 0.756 bits per heavy atom. The van der Waals surface area contributed by atoms with E-state index in [1.807, 2.05) is 36.4 Å². The van der Waals surface area contributed by atoms with E-state index in [1.54, 1.807) is 54.6 Å². The number of piperazine rings is 1. The van der Waals surface area contributed by atoms with Crippen LogP contribution in [0.4, 0.5) is 11.4 Å². The van der Waals surface area contributed by atoms with Crippen molar-refractivity contribution in [3.63, 3.8) is 0 Å². The van der Waals surface area contributed by atoms with E-state index in [1.165, 1.54) is 18.2 Å². The van der Waals surface area contributed by atoms with Crippen LogP contribution in [0, 0.1) is 0 Å². The van der Waals surface area contributed by atoms with E-state index in [2.05, 4.69) is 26.9 Å². The van der Waals surface area contributed by atoms with Gasteiger partial charge >= 0.3 is 0 Å². The van der Waals surface area contributed by atoms with Crippen LogP contribution in [-0.4, -0.2) is 63.1 Å². The Morgan fingerprint density at radius 3 is 1.98 bits per heavy atom. The maximum absolute atomic E-state index is 13.9. The summed E-state index contributed by atoms with van der Waals surface area (Å²) in [4.78, 5) is 32.1. The summed E-state index contributed by atoms with van der Waals surface area (Å²) in [7, 11) is -1.82. The van der Waals surface area contributed by atoms with Crippen LogP contribution in [0.5, 0.6) is 0 Å². The maximum Gasteiger partial charge on any atom is 0.261 e. The van der Waals surface area contributed by atoms with E-state index in [4.69, 9.17) is 0 Å². The second-order valence-corrected chi connectivity index (χ2v) is 11.7. The van der Waals surface area contributed by atoms with Gasteiger partial charge in [0.15, 0.2) is 5.78 Å². The Balaban J connectivity index is 1.49. The minimum absolute atomic E-state index is 0.103. The Labute approximate surface area is 240 Å². The van der Waals surface area contributed by atoms with Gasteiger partial charge < -0.3 is 10.2 Å². The highest BCUT2D eigenvalue weighted by molar-refractivity contribution is 7.92. The van der Waals surface area contributed by atoms with Gasteiger partial charge in [0, 0.05) is 43.0 Å². The van der Waals surface area contributed by atoms with Gasteiger partial charge in [0.25, 0.3) is 10.0 Å². The summed E-state index contributed by atoms with van der Waals surface area (Å²) in [6.45, 7) is 3.12. The molecule has 0 aliphatic carbocycles. The van der Waals surface area contributed by atoms with Gasteiger partial charge in [-0.3, -0.25) is 19.2 Å². The van der Waals surface area contributed by atoms with E-state index in [9.17, 15) is 18.0 Å². The van der Waals surface area contributed by atoms with Crippen LogP contribution >= 0.6 is 0 Å². The SMILES string of the molecule is CN1CCN(C(C(=O)Nc2ccc(NS(=O)(=O)c3ccccc3)cc2C(=O)c2ccccc2)c2ccccc2)CC1. The molecule has 210 valence electrons. The Bertz CT molecular complexity index is 1610. The number of nitrogens with zero attached hydrogens (tertiary/aromatic N) is 2. The number of hydrogen-bond acceptors (Lipinski definition) is 6. The normalized spacial score (nSPS) is 15.1. The molecule has 0 bridgehead atoms. The molecule has 4 aromatic carbocycles. The topological polar surface area (TPSA) is 98.8 Å². The molecule has 0 spiro atoms. The Hall–Kier alpha value is -4.31. The predicted octanol–water partition coefficient (Wildman–Crippen LogP) is 4.65. The van der Waals surface area contributed by atoms with Crippen molar-refractivity contribution in [1.29, 1.82) is 0 Å². The fourth-order valence-electron chi connectivity index (χ4n) is 4.91. The highest BCUT2D eigenvalue weighted by Crippen LogP contribution is 2.29. The molecule has 5 rings (SSSR count). The fraction of sp³-hybridized carbons (Fsp3) is 0.188. The number of carbonyl (C=O) groups is 2. The van der Waals surface area contributed by atoms with Gasteiger partial charge in [-0.2, -0.15) is 0 Å². The van der Waals surface area contributed by atoms with Gasteiger partial charge in [0.1, 0.15) is 6.04 Å². The molecule has 1 saturated heterocycles. The lowest BCUT2D eigenvalue weighted by Gasteiger charge is -2.37. The number of likely N-dealkylation sites (N-methyl/N-ethyl adjacent to an activating group) is 1. The number of rotatable bonds is 9. The number of anilines is 2. The number of amides is 1. The molecule has 0 saturated carbocycles. The number of sulfonamides is 1. The lowest BCUT2D eigenvalue weighted by atomic mass is 9.99. The fourth-order valence-corrected chi connectivity index (χ4v) is 5.98. The number of ketones is 1. The summed E-state index contributed by atoms with van der Waals surface area (Å²) < 4.78 is 28.5. The van der Waals surface area contributed by atoms with Gasteiger partial charge in [0.05, 0.1) is 10.6 Å². The molecule has 8 nitrogen and oxygen atoms in total. The summed E-state index contributed by atoms with van der Waals surface area (Å²) in [5, 5.41) is 3.00. The van der Waals surface area contributed by atoms with E-state index >= 15 is 0 Å². The predicted molar refractivity (Wildman–Crippen MR) is 160 cm³/mol. The van der Waals surface area contributed by atoms with Crippen molar-refractivity contribution in [2.75, 3.05) is 43.3 Å². The first-order chi connectivity index (χ1) is 19.8. The monoisotopic (exact) mass is 568 g/mol. The van der Waals surface area contributed by atoms with Gasteiger partial charge in [0.2, 0.25) is 5.91 Å². The molecule has 9 heteroatoms. The van der Waals surface area contributed by atoms with Crippen LogP contribution in [0.15, 0.2) is 114 Å². The number of benzene rings is 4. The third-order valence-electron chi connectivity index (χ3n) is 7.13. The van der Waals surface area contributed by atoms with Crippen LogP contribution in [0.3, 0.4) is 0 Å². The van der Waals surface area contributed by atoms with Crippen molar-refractivity contribution >= 4 is 33.1 Å². The zero-order valence-corrected chi connectivity index (χ0v) is 23.6. The molecule has 4 aromatic rings. The summed E-state index contributed by atoms with van der Waals surface area (Å²) >= 11 is 0. The summed E-state index contributed by atoms with van der Waals surface area (Å²) in [5.41, 5.74) is 1.98. The van der Waals surface area contributed by atoms with Crippen molar-refractivity contribution in [1.82, 2.24) is 9.80 Å². The van der Waals surface area contributed by atoms with E-state index in [0.717, 1.165) is 31.7 Å². The van der Waals surface area contributed by atoms with Crippen LogP contribution in [-0.2, 0) is 14.8 Å². The molecule has 0 radical (unpaired) electrons. The summed E-state index contributed by atoms with van der Waals surface area (Å²) in [6.07, 6.45) is 0. The zero-order valence-electron chi connectivity index (χ0n) is 22.7. The second kappa shape index (κ2) is 12.5. The summed E-state index contributed by atoms with van der Waals surface area (Å²) in [6, 6.07) is 30.3. The molecule has 2 N–H and O–H groups in total. The molecule has 1 amide bonds. The number of carbonyl (C=O) groups excluding carboxylic acids is 2. The quantitative estimate of drug-likeness (QED) is 0.286. The van der Waals surface area contributed by atoms with Gasteiger partial charge in [-0.15, -0.1) is 0 Å². The first-order valence-corrected chi connectivity index (χ1v) is 14.9. The van der Waals surface area contributed by atoms with Crippen LogP contribution in [0.2, 0.25) is 0 Å². The minimum Gasteiger partial charge on any atom is -0.324 e. The van der Waals surface area contributed by atoms with Crippen molar-refractivity contribution in [2.45, 2.75) is 10.9 Å². The van der Waals surface area contributed by atoms with E-state index in [0.29, 0.717) is 11.3 Å². The van der Waals surface area contributed by atoms with Crippen LogP contribution in [0.1, 0.15) is 27.5 Å². The molecule has 0 aromatic heterocycles.